The summed E-state index contributed by atoms with van der Waals surface area (Å²) in [6.45, 7) is 6.93. The molecule has 0 spiro atoms. The fraction of sp³-hybridized carbons (Fsp3) is 0.550. The molecule has 9 nitrogen and oxygen atoms in total. The highest BCUT2D eigenvalue weighted by Crippen LogP contribution is 2.15. The molecule has 1 heterocycles. The third-order valence-corrected chi connectivity index (χ3v) is 4.52. The van der Waals surface area contributed by atoms with Crippen LogP contribution in [0.25, 0.3) is 0 Å². The number of para-hydroxylation sites is 1. The Hall–Kier alpha value is -2.97. The van der Waals surface area contributed by atoms with Crippen molar-refractivity contribution in [1.29, 1.82) is 0 Å². The summed E-state index contributed by atoms with van der Waals surface area (Å²) in [6, 6.07) is 6.64. The first-order valence-electron chi connectivity index (χ1n) is 10.1. The standard InChI is InChI=1S/C20H31N5O4/c1-3-21-19(24-15-9-13-25(14-10-15)20(28)29-4-2)23-12-11-22-18(27)16-7-5-6-8-17(16)26/h5-8,15,26H,3-4,9-14H2,1-2H3,(H,22,27)(H2,21,23,24). The minimum atomic E-state index is -0.331. The van der Waals surface area contributed by atoms with Gasteiger partial charge in [-0.05, 0) is 38.8 Å². The maximum Gasteiger partial charge on any atom is 0.409 e. The first kappa shape index (κ1) is 22.3. The summed E-state index contributed by atoms with van der Waals surface area (Å²) in [5, 5.41) is 19.1. The van der Waals surface area contributed by atoms with Gasteiger partial charge in [0.1, 0.15) is 5.75 Å². The number of nitrogens with one attached hydrogen (secondary N) is 3. The second-order valence-electron chi connectivity index (χ2n) is 6.64. The molecule has 0 saturated carbocycles. The molecule has 160 valence electrons. The Kier molecular flexibility index (Phi) is 9.07. The predicted octanol–water partition coefficient (Wildman–Crippen LogP) is 1.30. The average molecular weight is 405 g/mol. The molecule has 0 bridgehead atoms. The van der Waals surface area contributed by atoms with E-state index in [1.807, 2.05) is 6.92 Å². The Morgan fingerprint density at radius 2 is 1.93 bits per heavy atom. The number of phenolic OH excluding ortho intramolecular Hbond substituents is 1. The first-order valence-corrected chi connectivity index (χ1v) is 10.1. The van der Waals surface area contributed by atoms with Gasteiger partial charge < -0.3 is 30.7 Å². The molecule has 2 rings (SSSR count). The predicted molar refractivity (Wildman–Crippen MR) is 111 cm³/mol. The fourth-order valence-electron chi connectivity index (χ4n) is 3.03. The van der Waals surface area contributed by atoms with Crippen LogP contribution in [0.2, 0.25) is 0 Å². The zero-order valence-electron chi connectivity index (χ0n) is 17.1. The van der Waals surface area contributed by atoms with Crippen molar-refractivity contribution in [2.24, 2.45) is 4.99 Å². The van der Waals surface area contributed by atoms with E-state index in [0.717, 1.165) is 19.4 Å². The lowest BCUT2D eigenvalue weighted by molar-refractivity contribution is 0.0946. The number of amides is 2. The molecule has 1 fully saturated rings. The molecule has 4 N–H and O–H groups in total. The lowest BCUT2D eigenvalue weighted by Gasteiger charge is -2.32. The number of aliphatic imine (C=N–C) groups is 1. The highest BCUT2D eigenvalue weighted by Gasteiger charge is 2.24. The van der Waals surface area contributed by atoms with Crippen LogP contribution >= 0.6 is 0 Å². The highest BCUT2D eigenvalue weighted by molar-refractivity contribution is 5.96. The second-order valence-corrected chi connectivity index (χ2v) is 6.64. The summed E-state index contributed by atoms with van der Waals surface area (Å²) >= 11 is 0. The van der Waals surface area contributed by atoms with Gasteiger partial charge in [-0.15, -0.1) is 0 Å². The van der Waals surface area contributed by atoms with Gasteiger partial charge in [0, 0.05) is 32.2 Å². The second kappa shape index (κ2) is 11.8. The van der Waals surface area contributed by atoms with Crippen LogP contribution in [0, 0.1) is 0 Å². The Morgan fingerprint density at radius 3 is 2.59 bits per heavy atom. The molecule has 1 aromatic carbocycles. The number of nitrogens with zero attached hydrogens (tertiary/aromatic N) is 2. The van der Waals surface area contributed by atoms with Crippen LogP contribution in [-0.2, 0) is 4.74 Å². The van der Waals surface area contributed by atoms with E-state index in [4.69, 9.17) is 4.74 Å². The van der Waals surface area contributed by atoms with E-state index in [-0.39, 0.29) is 29.4 Å². The van der Waals surface area contributed by atoms with E-state index in [0.29, 0.717) is 38.7 Å². The first-order chi connectivity index (χ1) is 14.0. The molecular weight excluding hydrogens is 374 g/mol. The number of ether oxygens (including phenoxy) is 1. The van der Waals surface area contributed by atoms with Crippen LogP contribution in [0.3, 0.4) is 0 Å². The van der Waals surface area contributed by atoms with Gasteiger partial charge in [0.25, 0.3) is 5.91 Å². The van der Waals surface area contributed by atoms with Crippen LogP contribution in [0.15, 0.2) is 29.3 Å². The van der Waals surface area contributed by atoms with Crippen molar-refractivity contribution >= 4 is 18.0 Å². The quantitative estimate of drug-likeness (QED) is 0.309. The number of aromatic hydroxyl groups is 1. The maximum absolute atomic E-state index is 12.1. The van der Waals surface area contributed by atoms with Crippen molar-refractivity contribution in [3.05, 3.63) is 29.8 Å². The summed E-state index contributed by atoms with van der Waals surface area (Å²) in [5.41, 5.74) is 0.245. The molecule has 1 aromatic rings. The van der Waals surface area contributed by atoms with Crippen molar-refractivity contribution in [2.45, 2.75) is 32.7 Å². The van der Waals surface area contributed by atoms with Crippen LogP contribution < -0.4 is 16.0 Å². The van der Waals surface area contributed by atoms with Gasteiger partial charge in [-0.25, -0.2) is 4.79 Å². The van der Waals surface area contributed by atoms with E-state index in [9.17, 15) is 14.7 Å². The van der Waals surface area contributed by atoms with E-state index >= 15 is 0 Å². The van der Waals surface area contributed by atoms with Gasteiger partial charge in [0.15, 0.2) is 5.96 Å². The number of carbonyl (C=O) groups is 2. The summed E-state index contributed by atoms with van der Waals surface area (Å²) in [5.74, 6) is 0.305. The van der Waals surface area contributed by atoms with Crippen LogP contribution in [0.4, 0.5) is 4.79 Å². The maximum atomic E-state index is 12.1. The summed E-state index contributed by atoms with van der Waals surface area (Å²) < 4.78 is 5.04. The van der Waals surface area contributed by atoms with Gasteiger partial charge in [-0.3, -0.25) is 9.79 Å². The molecule has 0 atom stereocenters. The lowest BCUT2D eigenvalue weighted by atomic mass is 10.1. The van der Waals surface area contributed by atoms with Gasteiger partial charge in [0.2, 0.25) is 0 Å². The third-order valence-electron chi connectivity index (χ3n) is 4.52. The number of carbonyl (C=O) groups excluding carboxylic acids is 2. The molecule has 1 aliphatic rings. The Balaban J connectivity index is 1.77. The van der Waals surface area contributed by atoms with Crippen LogP contribution in [0.5, 0.6) is 5.75 Å². The van der Waals surface area contributed by atoms with Crippen LogP contribution in [0.1, 0.15) is 37.0 Å². The molecule has 1 saturated heterocycles. The molecule has 0 radical (unpaired) electrons. The normalized spacial score (nSPS) is 15.0. The van der Waals surface area contributed by atoms with Gasteiger partial charge in [-0.1, -0.05) is 12.1 Å². The van der Waals surface area contributed by atoms with Gasteiger partial charge >= 0.3 is 6.09 Å². The summed E-state index contributed by atoms with van der Waals surface area (Å²) in [6.07, 6.45) is 1.37. The molecule has 29 heavy (non-hydrogen) atoms. The molecular formula is C20H31N5O4. The SMILES string of the molecule is CCNC(=NCCNC(=O)c1ccccc1O)NC1CCN(C(=O)OCC)CC1. The minimum absolute atomic E-state index is 0.0438. The fourth-order valence-corrected chi connectivity index (χ4v) is 3.03. The molecule has 2 amide bonds. The minimum Gasteiger partial charge on any atom is -0.507 e. The Bertz CT molecular complexity index is 702. The van der Waals surface area contributed by atoms with E-state index in [2.05, 4.69) is 20.9 Å². The molecule has 0 aliphatic carbocycles. The molecule has 9 heteroatoms. The van der Waals surface area contributed by atoms with Crippen LogP contribution in [-0.4, -0.2) is 73.3 Å². The number of hydrogen-bond acceptors (Lipinski definition) is 5. The highest BCUT2D eigenvalue weighted by atomic mass is 16.6. The van der Waals surface area contributed by atoms with E-state index in [1.165, 1.54) is 6.07 Å². The van der Waals surface area contributed by atoms with Crippen molar-refractivity contribution < 1.29 is 19.4 Å². The van der Waals surface area contributed by atoms with Gasteiger partial charge in [0.05, 0.1) is 18.7 Å². The number of guanidine groups is 1. The number of hydrogen-bond donors (Lipinski definition) is 4. The average Bonchev–Trinajstić information content (AvgIpc) is 2.72. The molecule has 0 aromatic heterocycles. The Morgan fingerprint density at radius 1 is 1.21 bits per heavy atom. The number of likely N-dealkylation sites (tertiary alicyclic amines) is 1. The zero-order chi connectivity index (χ0) is 21.1. The lowest BCUT2D eigenvalue weighted by Crippen LogP contribution is -2.50. The molecule has 1 aliphatic heterocycles. The monoisotopic (exact) mass is 405 g/mol. The summed E-state index contributed by atoms with van der Waals surface area (Å²) in [7, 11) is 0. The topological polar surface area (TPSA) is 115 Å². The van der Waals surface area contributed by atoms with Crippen molar-refractivity contribution in [2.75, 3.05) is 39.3 Å². The van der Waals surface area contributed by atoms with Gasteiger partial charge in [-0.2, -0.15) is 0 Å². The number of benzene rings is 1. The smallest absolute Gasteiger partial charge is 0.409 e. The van der Waals surface area contributed by atoms with E-state index < -0.39 is 0 Å². The molecule has 0 unspecified atom stereocenters. The number of phenols is 1. The largest absolute Gasteiger partial charge is 0.507 e. The van der Waals surface area contributed by atoms with E-state index in [1.54, 1.807) is 30.0 Å². The van der Waals surface area contributed by atoms with Crippen molar-refractivity contribution in [3.63, 3.8) is 0 Å². The van der Waals surface area contributed by atoms with Crippen molar-refractivity contribution in [1.82, 2.24) is 20.9 Å². The zero-order valence-corrected chi connectivity index (χ0v) is 17.1. The summed E-state index contributed by atoms with van der Waals surface area (Å²) in [4.78, 5) is 30.1. The third kappa shape index (κ3) is 7.17. The number of rotatable bonds is 7. The van der Waals surface area contributed by atoms with Crippen molar-refractivity contribution in [3.8, 4) is 5.75 Å². The number of piperidine rings is 1. The Labute approximate surface area is 171 Å².